The highest BCUT2D eigenvalue weighted by Crippen LogP contribution is 2.19. The summed E-state index contributed by atoms with van der Waals surface area (Å²) >= 11 is 1.79. The van der Waals surface area contributed by atoms with Crippen molar-refractivity contribution in [1.29, 1.82) is 0 Å². The molecule has 0 amide bonds. The van der Waals surface area contributed by atoms with E-state index in [1.165, 1.54) is 16.0 Å². The maximum Gasteiger partial charge on any atom is 0.0615 e. The van der Waals surface area contributed by atoms with Crippen LogP contribution in [0.1, 0.15) is 17.8 Å². The lowest BCUT2D eigenvalue weighted by Crippen LogP contribution is -2.23. The van der Waals surface area contributed by atoms with Crippen LogP contribution in [0.15, 0.2) is 60.2 Å². The normalized spacial score (nSPS) is 12.4. The fourth-order valence-corrected chi connectivity index (χ4v) is 2.94. The number of aromatic nitrogens is 2. The first-order valence-corrected chi connectivity index (χ1v) is 8.03. The van der Waals surface area contributed by atoms with Gasteiger partial charge in [0.05, 0.1) is 12.2 Å². The van der Waals surface area contributed by atoms with Crippen LogP contribution in [0.25, 0.3) is 11.1 Å². The molecular formula is C17H19N3S. The van der Waals surface area contributed by atoms with Gasteiger partial charge in [-0.25, -0.2) is 0 Å². The van der Waals surface area contributed by atoms with Gasteiger partial charge in [-0.05, 0) is 23.9 Å². The number of benzene rings is 1. The molecule has 0 aliphatic rings. The van der Waals surface area contributed by atoms with E-state index in [4.69, 9.17) is 0 Å². The summed E-state index contributed by atoms with van der Waals surface area (Å²) in [4.78, 5) is 1.37. The van der Waals surface area contributed by atoms with Crippen molar-refractivity contribution in [3.8, 4) is 11.1 Å². The molecule has 1 N–H and O–H groups in total. The lowest BCUT2D eigenvalue weighted by atomic mass is 10.1. The summed E-state index contributed by atoms with van der Waals surface area (Å²) in [6.45, 7) is 4.02. The fourth-order valence-electron chi connectivity index (χ4n) is 2.27. The maximum absolute atomic E-state index is 4.49. The van der Waals surface area contributed by atoms with Crippen molar-refractivity contribution in [2.24, 2.45) is 0 Å². The largest absolute Gasteiger partial charge is 0.310 e. The molecule has 0 saturated carbocycles. The average molecular weight is 297 g/mol. The summed E-state index contributed by atoms with van der Waals surface area (Å²) in [7, 11) is 0. The summed E-state index contributed by atoms with van der Waals surface area (Å²) in [6.07, 6.45) is 4.05. The van der Waals surface area contributed by atoms with Crippen LogP contribution in [0.2, 0.25) is 0 Å². The second kappa shape index (κ2) is 6.70. The lowest BCUT2D eigenvalue weighted by molar-refractivity contribution is 0.454. The standard InChI is InChI=1S/C17H19N3S/c1-14(10-18-12-17-8-5-9-21-17)20-13-16(11-19-20)15-6-3-2-4-7-15/h2-9,11,13-14,18H,10,12H2,1H3. The van der Waals surface area contributed by atoms with E-state index >= 15 is 0 Å². The van der Waals surface area contributed by atoms with Crippen LogP contribution in [-0.2, 0) is 6.54 Å². The predicted molar refractivity (Wildman–Crippen MR) is 88.4 cm³/mol. The van der Waals surface area contributed by atoms with Crippen molar-refractivity contribution in [3.63, 3.8) is 0 Å². The van der Waals surface area contributed by atoms with Crippen LogP contribution in [-0.4, -0.2) is 16.3 Å². The van der Waals surface area contributed by atoms with Gasteiger partial charge < -0.3 is 5.32 Å². The summed E-state index contributed by atoms with van der Waals surface area (Å²) < 4.78 is 2.03. The van der Waals surface area contributed by atoms with Gasteiger partial charge in [0.1, 0.15) is 0 Å². The van der Waals surface area contributed by atoms with Gasteiger partial charge in [-0.15, -0.1) is 11.3 Å². The van der Waals surface area contributed by atoms with Crippen LogP contribution >= 0.6 is 11.3 Å². The molecule has 1 aromatic carbocycles. The average Bonchev–Trinajstić information content (AvgIpc) is 3.20. The Morgan fingerprint density at radius 1 is 1.14 bits per heavy atom. The summed E-state index contributed by atoms with van der Waals surface area (Å²) in [5.74, 6) is 0. The summed E-state index contributed by atoms with van der Waals surface area (Å²) in [6, 6.07) is 14.9. The molecule has 0 fully saturated rings. The Bertz CT molecular complexity index is 658. The third-order valence-corrected chi connectivity index (χ3v) is 4.36. The molecule has 0 saturated heterocycles. The first-order chi connectivity index (χ1) is 10.3. The molecule has 1 unspecified atom stereocenters. The monoisotopic (exact) mass is 297 g/mol. The Labute approximate surface area is 129 Å². The molecule has 1 atom stereocenters. The summed E-state index contributed by atoms with van der Waals surface area (Å²) in [5, 5.41) is 10.1. The van der Waals surface area contributed by atoms with Gasteiger partial charge in [0.15, 0.2) is 0 Å². The van der Waals surface area contributed by atoms with E-state index in [1.807, 2.05) is 16.9 Å². The van der Waals surface area contributed by atoms with Gasteiger partial charge in [-0.3, -0.25) is 4.68 Å². The van der Waals surface area contributed by atoms with Crippen LogP contribution < -0.4 is 5.32 Å². The molecule has 2 heterocycles. The van der Waals surface area contributed by atoms with E-state index in [-0.39, 0.29) is 0 Å². The Balaban J connectivity index is 1.58. The van der Waals surface area contributed by atoms with Gasteiger partial charge >= 0.3 is 0 Å². The van der Waals surface area contributed by atoms with Gasteiger partial charge in [-0.2, -0.15) is 5.10 Å². The van der Waals surface area contributed by atoms with E-state index in [1.54, 1.807) is 11.3 Å². The molecule has 3 nitrogen and oxygen atoms in total. The van der Waals surface area contributed by atoms with Gasteiger partial charge in [0.25, 0.3) is 0 Å². The number of rotatable bonds is 6. The molecule has 108 valence electrons. The van der Waals surface area contributed by atoms with Crippen LogP contribution in [0.4, 0.5) is 0 Å². The number of nitrogens with one attached hydrogen (secondary N) is 1. The first-order valence-electron chi connectivity index (χ1n) is 7.15. The van der Waals surface area contributed by atoms with Crippen molar-refractivity contribution in [1.82, 2.24) is 15.1 Å². The Hall–Kier alpha value is -1.91. The summed E-state index contributed by atoms with van der Waals surface area (Å²) in [5.41, 5.74) is 2.38. The quantitative estimate of drug-likeness (QED) is 0.746. The lowest BCUT2D eigenvalue weighted by Gasteiger charge is -2.12. The molecule has 0 spiro atoms. The van der Waals surface area contributed by atoms with E-state index in [0.717, 1.165) is 13.1 Å². The molecular weight excluding hydrogens is 278 g/mol. The minimum atomic E-state index is 0.336. The molecule has 2 aromatic heterocycles. The van der Waals surface area contributed by atoms with E-state index in [0.29, 0.717) is 6.04 Å². The molecule has 0 radical (unpaired) electrons. The molecule has 3 rings (SSSR count). The Morgan fingerprint density at radius 2 is 2.00 bits per heavy atom. The van der Waals surface area contributed by atoms with Crippen molar-refractivity contribution in [2.75, 3.05) is 6.54 Å². The second-order valence-electron chi connectivity index (χ2n) is 5.13. The highest BCUT2D eigenvalue weighted by atomic mass is 32.1. The van der Waals surface area contributed by atoms with E-state index in [9.17, 15) is 0 Å². The third kappa shape index (κ3) is 3.60. The zero-order valence-electron chi connectivity index (χ0n) is 12.1. The highest BCUT2D eigenvalue weighted by Gasteiger charge is 2.07. The zero-order valence-corrected chi connectivity index (χ0v) is 12.9. The Morgan fingerprint density at radius 3 is 2.76 bits per heavy atom. The van der Waals surface area contributed by atoms with Crippen molar-refractivity contribution >= 4 is 11.3 Å². The smallest absolute Gasteiger partial charge is 0.0615 e. The van der Waals surface area contributed by atoms with Crippen LogP contribution in [0.5, 0.6) is 0 Å². The molecule has 0 bridgehead atoms. The minimum absolute atomic E-state index is 0.336. The van der Waals surface area contributed by atoms with Gasteiger partial charge in [-0.1, -0.05) is 36.4 Å². The number of nitrogens with zero attached hydrogens (tertiary/aromatic N) is 2. The van der Waals surface area contributed by atoms with Gasteiger partial charge in [0, 0.05) is 29.7 Å². The van der Waals surface area contributed by atoms with Crippen LogP contribution in [0.3, 0.4) is 0 Å². The SMILES string of the molecule is CC(CNCc1cccs1)n1cc(-c2ccccc2)cn1. The molecule has 21 heavy (non-hydrogen) atoms. The molecule has 0 aliphatic heterocycles. The van der Waals surface area contributed by atoms with E-state index in [2.05, 4.69) is 65.3 Å². The topological polar surface area (TPSA) is 29.9 Å². The minimum Gasteiger partial charge on any atom is -0.310 e. The molecule has 3 aromatic rings. The second-order valence-corrected chi connectivity index (χ2v) is 6.17. The van der Waals surface area contributed by atoms with Gasteiger partial charge in [0.2, 0.25) is 0 Å². The number of hydrogen-bond donors (Lipinski definition) is 1. The maximum atomic E-state index is 4.49. The Kier molecular flexibility index (Phi) is 4.48. The number of thiophene rings is 1. The first kappa shape index (κ1) is 14.0. The molecule has 4 heteroatoms. The van der Waals surface area contributed by atoms with Crippen molar-refractivity contribution in [2.45, 2.75) is 19.5 Å². The number of hydrogen-bond acceptors (Lipinski definition) is 3. The zero-order chi connectivity index (χ0) is 14.5. The fraction of sp³-hybridized carbons (Fsp3) is 0.235. The van der Waals surface area contributed by atoms with Crippen LogP contribution in [0, 0.1) is 0 Å². The van der Waals surface area contributed by atoms with Crippen molar-refractivity contribution < 1.29 is 0 Å². The van der Waals surface area contributed by atoms with E-state index < -0.39 is 0 Å². The van der Waals surface area contributed by atoms with Crippen molar-refractivity contribution in [3.05, 3.63) is 65.1 Å². The highest BCUT2D eigenvalue weighted by molar-refractivity contribution is 7.09. The predicted octanol–water partition coefficient (Wildman–Crippen LogP) is 3.96. The molecule has 0 aliphatic carbocycles. The third-order valence-electron chi connectivity index (χ3n) is 3.48.